The molecule has 122 valence electrons. The van der Waals surface area contributed by atoms with Gasteiger partial charge in [0, 0.05) is 13.2 Å². The monoisotopic (exact) mass is 326 g/mol. The van der Waals surface area contributed by atoms with Gasteiger partial charge in [0.1, 0.15) is 17.8 Å². The van der Waals surface area contributed by atoms with Crippen LogP contribution in [0.3, 0.4) is 0 Å². The van der Waals surface area contributed by atoms with Crippen LogP contribution in [-0.2, 0) is 18.4 Å². The van der Waals surface area contributed by atoms with Gasteiger partial charge in [-0.25, -0.2) is 4.68 Å². The molecule has 9 heteroatoms. The van der Waals surface area contributed by atoms with E-state index < -0.39 is 17.4 Å². The molecular formula is C15H14N6O3. The third-order valence-electron chi connectivity index (χ3n) is 3.41. The predicted octanol–water partition coefficient (Wildman–Crippen LogP) is -0.409. The topological polar surface area (TPSA) is 111 Å². The van der Waals surface area contributed by atoms with Crippen molar-refractivity contribution in [2.75, 3.05) is 0 Å². The highest BCUT2D eigenvalue weighted by atomic mass is 16.2. The summed E-state index contributed by atoms with van der Waals surface area (Å²) in [5.41, 5.74) is 4.94. The number of aromatic nitrogens is 4. The van der Waals surface area contributed by atoms with Crippen molar-refractivity contribution in [2.24, 2.45) is 7.05 Å². The minimum absolute atomic E-state index is 0.357. The van der Waals surface area contributed by atoms with E-state index in [1.165, 1.54) is 0 Å². The predicted molar refractivity (Wildman–Crippen MR) is 84.8 cm³/mol. The smallest absolute Gasteiger partial charge is 0.286 e. The molecule has 2 amide bonds. The molecule has 1 aromatic carbocycles. The highest BCUT2D eigenvalue weighted by Gasteiger charge is 2.12. The summed E-state index contributed by atoms with van der Waals surface area (Å²) in [7, 11) is 1.71. The average Bonchev–Trinajstić information content (AvgIpc) is 3.01. The molecule has 0 bridgehead atoms. The molecule has 0 radical (unpaired) electrons. The van der Waals surface area contributed by atoms with Crippen LogP contribution >= 0.6 is 0 Å². The van der Waals surface area contributed by atoms with Crippen LogP contribution in [0.1, 0.15) is 10.5 Å². The summed E-state index contributed by atoms with van der Waals surface area (Å²) in [6.07, 6.45) is 1.71. The Kier molecular flexibility index (Phi) is 4.06. The summed E-state index contributed by atoms with van der Waals surface area (Å²) in [4.78, 5) is 36.0. The van der Waals surface area contributed by atoms with Crippen molar-refractivity contribution in [3.05, 3.63) is 58.6 Å². The molecular weight excluding hydrogens is 312 g/mol. The second kappa shape index (κ2) is 6.32. The van der Waals surface area contributed by atoms with Gasteiger partial charge in [0.15, 0.2) is 0 Å². The summed E-state index contributed by atoms with van der Waals surface area (Å²) >= 11 is 0. The first kappa shape index (κ1) is 15.4. The first-order valence-electron chi connectivity index (χ1n) is 7.09. The summed E-state index contributed by atoms with van der Waals surface area (Å²) in [6.45, 7) is -0.357. The molecule has 2 N–H and O–H groups in total. The van der Waals surface area contributed by atoms with Gasteiger partial charge in [0.05, 0.1) is 5.39 Å². The zero-order valence-electron chi connectivity index (χ0n) is 12.8. The SMILES string of the molecule is Cn1cccc1C(=O)NNC(=O)Cn1nnc2ccccc2c1=O. The number of nitrogens with zero attached hydrogens (tertiary/aromatic N) is 4. The van der Waals surface area contributed by atoms with Crippen LogP contribution in [0.15, 0.2) is 47.4 Å². The molecule has 0 aliphatic heterocycles. The van der Waals surface area contributed by atoms with E-state index in [-0.39, 0.29) is 6.54 Å². The maximum atomic E-state index is 12.2. The molecule has 3 aromatic rings. The maximum absolute atomic E-state index is 12.2. The summed E-state index contributed by atoms with van der Waals surface area (Å²) in [6, 6.07) is 10.0. The number of fused-ring (bicyclic) bond motifs is 1. The number of hydrogen-bond donors (Lipinski definition) is 2. The summed E-state index contributed by atoms with van der Waals surface area (Å²) in [5, 5.41) is 7.97. The van der Waals surface area contributed by atoms with Crippen molar-refractivity contribution >= 4 is 22.7 Å². The van der Waals surface area contributed by atoms with Crippen LogP contribution in [0.2, 0.25) is 0 Å². The molecule has 0 fully saturated rings. The van der Waals surface area contributed by atoms with Gasteiger partial charge in [-0.1, -0.05) is 17.3 Å². The first-order chi connectivity index (χ1) is 11.6. The molecule has 0 aliphatic rings. The van der Waals surface area contributed by atoms with Crippen LogP contribution in [0.25, 0.3) is 10.9 Å². The van der Waals surface area contributed by atoms with E-state index in [1.807, 2.05) is 0 Å². The lowest BCUT2D eigenvalue weighted by Crippen LogP contribution is -2.45. The Morgan fingerprint density at radius 3 is 2.67 bits per heavy atom. The lowest BCUT2D eigenvalue weighted by Gasteiger charge is -2.08. The number of carbonyl (C=O) groups is 2. The Morgan fingerprint density at radius 1 is 1.12 bits per heavy atom. The van der Waals surface area contributed by atoms with Crippen molar-refractivity contribution in [1.82, 2.24) is 30.4 Å². The van der Waals surface area contributed by atoms with E-state index in [0.717, 1.165) is 4.68 Å². The average molecular weight is 326 g/mol. The third kappa shape index (κ3) is 3.00. The van der Waals surface area contributed by atoms with Gasteiger partial charge in [-0.05, 0) is 24.3 Å². The van der Waals surface area contributed by atoms with Crippen molar-refractivity contribution in [2.45, 2.75) is 6.54 Å². The number of amides is 2. The number of aryl methyl sites for hydroxylation is 1. The van der Waals surface area contributed by atoms with Crippen LogP contribution in [-0.4, -0.2) is 31.4 Å². The number of hydrazine groups is 1. The minimum Gasteiger partial charge on any atom is -0.347 e. The van der Waals surface area contributed by atoms with Gasteiger partial charge < -0.3 is 4.57 Å². The van der Waals surface area contributed by atoms with E-state index in [1.54, 1.807) is 54.2 Å². The fourth-order valence-electron chi connectivity index (χ4n) is 2.19. The molecule has 0 saturated carbocycles. The third-order valence-corrected chi connectivity index (χ3v) is 3.41. The Morgan fingerprint density at radius 2 is 1.92 bits per heavy atom. The molecule has 3 rings (SSSR count). The fourth-order valence-corrected chi connectivity index (χ4v) is 2.19. The molecule has 2 heterocycles. The molecule has 2 aromatic heterocycles. The van der Waals surface area contributed by atoms with Crippen LogP contribution in [0.4, 0.5) is 0 Å². The van der Waals surface area contributed by atoms with Gasteiger partial charge >= 0.3 is 0 Å². The van der Waals surface area contributed by atoms with Crippen molar-refractivity contribution in [3.63, 3.8) is 0 Å². The minimum atomic E-state index is -0.593. The van der Waals surface area contributed by atoms with Gasteiger partial charge in [-0.2, -0.15) is 0 Å². The number of hydrogen-bond acceptors (Lipinski definition) is 5. The van der Waals surface area contributed by atoms with Gasteiger partial charge in [-0.15, -0.1) is 5.10 Å². The number of benzene rings is 1. The summed E-state index contributed by atoms with van der Waals surface area (Å²) < 4.78 is 2.55. The van der Waals surface area contributed by atoms with E-state index in [4.69, 9.17) is 0 Å². The molecule has 0 unspecified atom stereocenters. The Bertz CT molecular complexity index is 974. The van der Waals surface area contributed by atoms with Gasteiger partial charge in [0.2, 0.25) is 0 Å². The fraction of sp³-hybridized carbons (Fsp3) is 0.133. The molecule has 0 atom stereocenters. The van der Waals surface area contributed by atoms with Crippen molar-refractivity contribution < 1.29 is 9.59 Å². The molecule has 9 nitrogen and oxygen atoms in total. The van der Waals surface area contributed by atoms with Gasteiger partial charge in [-0.3, -0.25) is 25.2 Å². The van der Waals surface area contributed by atoms with E-state index in [0.29, 0.717) is 16.6 Å². The number of nitrogens with one attached hydrogen (secondary N) is 2. The van der Waals surface area contributed by atoms with E-state index >= 15 is 0 Å². The Labute approximate surface area is 135 Å². The lowest BCUT2D eigenvalue weighted by atomic mass is 10.2. The Hall–Kier alpha value is -3.49. The largest absolute Gasteiger partial charge is 0.347 e. The zero-order chi connectivity index (χ0) is 17.1. The van der Waals surface area contributed by atoms with Crippen molar-refractivity contribution in [1.29, 1.82) is 0 Å². The number of carbonyl (C=O) groups excluding carboxylic acids is 2. The molecule has 0 aliphatic carbocycles. The molecule has 24 heavy (non-hydrogen) atoms. The van der Waals surface area contributed by atoms with E-state index in [2.05, 4.69) is 21.2 Å². The quantitative estimate of drug-likeness (QED) is 0.636. The van der Waals surface area contributed by atoms with Crippen LogP contribution in [0.5, 0.6) is 0 Å². The highest BCUT2D eigenvalue weighted by Crippen LogP contribution is 2.03. The normalized spacial score (nSPS) is 10.5. The van der Waals surface area contributed by atoms with Gasteiger partial charge in [0.25, 0.3) is 17.4 Å². The van der Waals surface area contributed by atoms with Crippen molar-refractivity contribution in [3.8, 4) is 0 Å². The lowest BCUT2D eigenvalue weighted by molar-refractivity contribution is -0.122. The van der Waals surface area contributed by atoms with Crippen LogP contribution in [0, 0.1) is 0 Å². The highest BCUT2D eigenvalue weighted by molar-refractivity contribution is 5.94. The first-order valence-corrected chi connectivity index (χ1v) is 7.09. The van der Waals surface area contributed by atoms with Crippen LogP contribution < -0.4 is 16.4 Å². The zero-order valence-corrected chi connectivity index (χ0v) is 12.8. The second-order valence-corrected chi connectivity index (χ2v) is 5.08. The number of rotatable bonds is 3. The second-order valence-electron chi connectivity index (χ2n) is 5.08. The molecule has 0 saturated heterocycles. The standard InChI is InChI=1S/C15H14N6O3/c1-20-8-4-7-12(20)14(23)18-17-13(22)9-21-15(24)10-5-2-3-6-11(10)16-19-21/h2-8H,9H2,1H3,(H,17,22)(H,18,23). The molecule has 0 spiro atoms. The van der Waals surface area contributed by atoms with E-state index in [9.17, 15) is 14.4 Å². The maximum Gasteiger partial charge on any atom is 0.286 e. The Balaban J connectivity index is 1.67. The summed E-state index contributed by atoms with van der Waals surface area (Å²) in [5.74, 6) is -1.06.